The number of amides is 1. The second-order valence-corrected chi connectivity index (χ2v) is 6.01. The molecule has 2 heterocycles. The van der Waals surface area contributed by atoms with Crippen LogP contribution in [0.15, 0.2) is 48.9 Å². The van der Waals surface area contributed by atoms with Crippen molar-refractivity contribution in [2.75, 3.05) is 7.11 Å². The van der Waals surface area contributed by atoms with Crippen LogP contribution in [0, 0.1) is 5.92 Å². The molecule has 4 rings (SSSR count). The fraction of sp³-hybridized carbons (Fsp3) is 0.278. The Hall–Kier alpha value is -2.89. The van der Waals surface area contributed by atoms with Gasteiger partial charge in [0.2, 0.25) is 5.78 Å². The first-order chi connectivity index (χ1) is 11.7. The summed E-state index contributed by atoms with van der Waals surface area (Å²) in [6, 6.07) is 9.67. The van der Waals surface area contributed by atoms with Gasteiger partial charge in [0.15, 0.2) is 0 Å². The molecule has 0 radical (unpaired) electrons. The molecule has 0 saturated heterocycles. The van der Waals surface area contributed by atoms with Crippen molar-refractivity contribution in [2.24, 2.45) is 5.92 Å². The van der Waals surface area contributed by atoms with E-state index in [4.69, 9.17) is 4.74 Å². The molecule has 0 unspecified atom stereocenters. The minimum atomic E-state index is -0.173. The molecule has 0 spiro atoms. The van der Waals surface area contributed by atoms with E-state index in [-0.39, 0.29) is 11.9 Å². The van der Waals surface area contributed by atoms with Crippen molar-refractivity contribution < 1.29 is 9.53 Å². The maximum absolute atomic E-state index is 12.6. The summed E-state index contributed by atoms with van der Waals surface area (Å²) >= 11 is 0. The Balaban J connectivity index is 1.56. The highest BCUT2D eigenvalue weighted by Crippen LogP contribution is 2.41. The van der Waals surface area contributed by atoms with E-state index in [1.54, 1.807) is 30.0 Å². The summed E-state index contributed by atoms with van der Waals surface area (Å²) in [7, 11) is 1.65. The molecule has 3 aromatic rings. The third-order valence-electron chi connectivity index (χ3n) is 4.32. The number of ether oxygens (including phenoxy) is 1. The van der Waals surface area contributed by atoms with Crippen molar-refractivity contribution in [3.63, 3.8) is 0 Å². The molecule has 1 N–H and O–H groups in total. The number of hydrogen-bond acceptors (Lipinski definition) is 4. The number of carbonyl (C=O) groups is 1. The standard InChI is InChI=1S/C18H18N4O2/c1-24-14-7-5-13(6-8-14)16(12-3-4-12)21-17(23)15-11-22-10-2-9-19-18(22)20-15/h2,5-12,16H,3-4H2,1H3,(H,21,23)/t16-/m1/s1. The van der Waals surface area contributed by atoms with Gasteiger partial charge in [-0.25, -0.2) is 9.97 Å². The lowest BCUT2D eigenvalue weighted by molar-refractivity contribution is 0.0927. The zero-order chi connectivity index (χ0) is 16.5. The number of aromatic nitrogens is 3. The molecule has 1 amide bonds. The zero-order valence-corrected chi connectivity index (χ0v) is 13.3. The van der Waals surface area contributed by atoms with E-state index >= 15 is 0 Å². The van der Waals surface area contributed by atoms with Crippen LogP contribution >= 0.6 is 0 Å². The van der Waals surface area contributed by atoms with Crippen LogP contribution in [0.4, 0.5) is 0 Å². The lowest BCUT2D eigenvalue weighted by atomic mass is 10.0. The fourth-order valence-electron chi connectivity index (χ4n) is 2.87. The number of hydrogen-bond donors (Lipinski definition) is 1. The summed E-state index contributed by atoms with van der Waals surface area (Å²) in [5.41, 5.74) is 1.47. The predicted molar refractivity (Wildman–Crippen MR) is 88.9 cm³/mol. The SMILES string of the molecule is COc1ccc([C@H](NC(=O)c2cn3cccnc3n2)C2CC2)cc1. The Bertz CT molecular complexity index is 835. The largest absolute Gasteiger partial charge is 0.497 e. The molecule has 122 valence electrons. The number of carbonyl (C=O) groups excluding carboxylic acids is 1. The molecule has 0 bridgehead atoms. The van der Waals surface area contributed by atoms with Gasteiger partial charge >= 0.3 is 0 Å². The van der Waals surface area contributed by atoms with Gasteiger partial charge in [-0.05, 0) is 42.5 Å². The summed E-state index contributed by atoms with van der Waals surface area (Å²) in [6.07, 6.45) is 7.45. The Kier molecular flexibility index (Phi) is 3.65. The Morgan fingerprint density at radius 1 is 1.33 bits per heavy atom. The minimum Gasteiger partial charge on any atom is -0.497 e. The fourth-order valence-corrected chi connectivity index (χ4v) is 2.87. The summed E-state index contributed by atoms with van der Waals surface area (Å²) in [6.45, 7) is 0. The molecular formula is C18H18N4O2. The van der Waals surface area contributed by atoms with Gasteiger partial charge in [0.05, 0.1) is 13.2 Å². The van der Waals surface area contributed by atoms with Crippen LogP contribution in [-0.2, 0) is 0 Å². The first-order valence-electron chi connectivity index (χ1n) is 7.99. The molecule has 6 heteroatoms. The maximum atomic E-state index is 12.6. The third-order valence-corrected chi connectivity index (χ3v) is 4.32. The lowest BCUT2D eigenvalue weighted by Gasteiger charge is -2.18. The molecule has 1 saturated carbocycles. The first-order valence-corrected chi connectivity index (χ1v) is 7.99. The number of nitrogens with zero attached hydrogens (tertiary/aromatic N) is 3. The molecule has 1 aliphatic rings. The molecule has 1 aromatic carbocycles. The zero-order valence-electron chi connectivity index (χ0n) is 13.3. The van der Waals surface area contributed by atoms with Crippen LogP contribution < -0.4 is 10.1 Å². The molecular weight excluding hydrogens is 304 g/mol. The summed E-state index contributed by atoms with van der Waals surface area (Å²) in [4.78, 5) is 21.0. The summed E-state index contributed by atoms with van der Waals surface area (Å²) in [5.74, 6) is 1.65. The van der Waals surface area contributed by atoms with E-state index in [1.807, 2.05) is 30.5 Å². The van der Waals surface area contributed by atoms with Crippen molar-refractivity contribution >= 4 is 11.7 Å². The Morgan fingerprint density at radius 3 is 2.79 bits per heavy atom. The van der Waals surface area contributed by atoms with Gasteiger partial charge in [0.25, 0.3) is 5.91 Å². The second-order valence-electron chi connectivity index (χ2n) is 6.01. The van der Waals surface area contributed by atoms with Gasteiger partial charge in [-0.3, -0.25) is 9.20 Å². The molecule has 0 aliphatic heterocycles. The van der Waals surface area contributed by atoms with E-state index < -0.39 is 0 Å². The molecule has 1 fully saturated rings. The van der Waals surface area contributed by atoms with Gasteiger partial charge in [-0.2, -0.15) is 0 Å². The van der Waals surface area contributed by atoms with Gasteiger partial charge in [0.1, 0.15) is 11.4 Å². The van der Waals surface area contributed by atoms with Crippen molar-refractivity contribution in [2.45, 2.75) is 18.9 Å². The van der Waals surface area contributed by atoms with Crippen molar-refractivity contribution in [3.05, 3.63) is 60.2 Å². The first kappa shape index (κ1) is 14.7. The monoisotopic (exact) mass is 322 g/mol. The quantitative estimate of drug-likeness (QED) is 0.784. The number of benzene rings is 1. The van der Waals surface area contributed by atoms with Gasteiger partial charge in [-0.1, -0.05) is 12.1 Å². The number of imidazole rings is 1. The van der Waals surface area contributed by atoms with Crippen LogP contribution in [0.3, 0.4) is 0 Å². The van der Waals surface area contributed by atoms with E-state index in [2.05, 4.69) is 15.3 Å². The number of nitrogens with one attached hydrogen (secondary N) is 1. The van der Waals surface area contributed by atoms with Crippen molar-refractivity contribution in [3.8, 4) is 5.75 Å². The predicted octanol–water partition coefficient (Wildman–Crippen LogP) is 2.62. The topological polar surface area (TPSA) is 68.5 Å². The molecule has 2 aromatic heterocycles. The van der Waals surface area contributed by atoms with E-state index in [0.29, 0.717) is 17.4 Å². The Morgan fingerprint density at radius 2 is 2.12 bits per heavy atom. The van der Waals surface area contributed by atoms with Crippen LogP contribution in [0.5, 0.6) is 5.75 Å². The van der Waals surface area contributed by atoms with E-state index in [1.165, 1.54) is 0 Å². The number of fused-ring (bicyclic) bond motifs is 1. The van der Waals surface area contributed by atoms with E-state index in [0.717, 1.165) is 24.2 Å². The third kappa shape index (κ3) is 2.82. The van der Waals surface area contributed by atoms with Crippen LogP contribution in [-0.4, -0.2) is 27.4 Å². The highest BCUT2D eigenvalue weighted by molar-refractivity contribution is 5.93. The molecule has 6 nitrogen and oxygen atoms in total. The van der Waals surface area contributed by atoms with Crippen LogP contribution in [0.1, 0.15) is 34.9 Å². The number of methoxy groups -OCH3 is 1. The lowest BCUT2D eigenvalue weighted by Crippen LogP contribution is -2.30. The average molecular weight is 322 g/mol. The van der Waals surface area contributed by atoms with Crippen LogP contribution in [0.2, 0.25) is 0 Å². The normalized spacial score (nSPS) is 15.2. The highest BCUT2D eigenvalue weighted by atomic mass is 16.5. The summed E-state index contributed by atoms with van der Waals surface area (Å²) < 4.78 is 6.95. The summed E-state index contributed by atoms with van der Waals surface area (Å²) in [5, 5.41) is 3.13. The Labute approximate surface area is 139 Å². The van der Waals surface area contributed by atoms with E-state index in [9.17, 15) is 4.79 Å². The van der Waals surface area contributed by atoms with Gasteiger partial charge in [-0.15, -0.1) is 0 Å². The van der Waals surface area contributed by atoms with Crippen molar-refractivity contribution in [1.29, 1.82) is 0 Å². The maximum Gasteiger partial charge on any atom is 0.272 e. The number of rotatable bonds is 5. The molecule has 1 aliphatic carbocycles. The smallest absolute Gasteiger partial charge is 0.272 e. The molecule has 1 atom stereocenters. The highest BCUT2D eigenvalue weighted by Gasteiger charge is 2.34. The van der Waals surface area contributed by atoms with Gasteiger partial charge in [0, 0.05) is 18.6 Å². The van der Waals surface area contributed by atoms with Crippen LogP contribution in [0.25, 0.3) is 5.78 Å². The van der Waals surface area contributed by atoms with Gasteiger partial charge < -0.3 is 10.1 Å². The second kappa shape index (κ2) is 5.96. The molecule has 24 heavy (non-hydrogen) atoms. The minimum absolute atomic E-state index is 0.00109. The van der Waals surface area contributed by atoms with Crippen molar-refractivity contribution in [1.82, 2.24) is 19.7 Å². The average Bonchev–Trinajstić information content (AvgIpc) is 3.37.